The molecule has 2 N–H and O–H groups in total. The Bertz CT molecular complexity index is 1980. The van der Waals surface area contributed by atoms with Gasteiger partial charge >= 0.3 is 5.13 Å². The summed E-state index contributed by atoms with van der Waals surface area (Å²) in [5.41, 5.74) is 2.44. The number of hydrogen-bond donors (Lipinski definition) is 2. The van der Waals surface area contributed by atoms with Crippen LogP contribution in [0.5, 0.6) is 23.0 Å². The van der Waals surface area contributed by atoms with E-state index in [4.69, 9.17) is 44.2 Å². The first-order valence-corrected chi connectivity index (χ1v) is 15.0. The SMILES string of the molecule is COc1cc2sc(-[n+]3nc(-c4ccc5c(c4)OCO5)nn3-c3ccccc3OCCC[NH+](C)C)nc2c2ccccc12.O=NO.[Br-]. The van der Waals surface area contributed by atoms with Crippen LogP contribution in [0.3, 0.4) is 0 Å². The zero-order valence-corrected chi connectivity index (χ0v) is 27.6. The standard InChI is InChI=1S/C31H29N6O4S.BrH.HNO2/c1-35(2)15-8-16-39-24-12-7-6-11-23(24)36-33-30(20-13-14-25-27(17-20)41-19-40-25)34-37(36)31-32-29-22-10-5-4-9-21(22)26(38-3)18-28(29)42-31;;2-1-3/h4-7,9-14,17-18H,8,15-16,19H2,1-3H3;1H;(H,2,3)/q+1;;. The van der Waals surface area contributed by atoms with Crippen LogP contribution in [0.15, 0.2) is 78.1 Å². The van der Waals surface area contributed by atoms with Crippen molar-refractivity contribution in [3.63, 3.8) is 0 Å². The molecule has 4 aromatic carbocycles. The number of quaternary nitrogens is 1. The molecule has 46 heavy (non-hydrogen) atoms. The highest BCUT2D eigenvalue weighted by Gasteiger charge is 2.28. The Balaban J connectivity index is 0.00000100. The van der Waals surface area contributed by atoms with Crippen molar-refractivity contribution in [1.82, 2.24) is 20.0 Å². The van der Waals surface area contributed by atoms with Gasteiger partial charge in [0.25, 0.3) is 5.82 Å². The van der Waals surface area contributed by atoms with Gasteiger partial charge in [0, 0.05) is 33.9 Å². The van der Waals surface area contributed by atoms with Gasteiger partial charge in [0.05, 0.1) is 39.1 Å². The number of para-hydroxylation sites is 2. The van der Waals surface area contributed by atoms with Crippen LogP contribution in [0.4, 0.5) is 0 Å². The van der Waals surface area contributed by atoms with E-state index >= 15 is 0 Å². The number of aromatic nitrogens is 5. The van der Waals surface area contributed by atoms with Crippen LogP contribution in [-0.2, 0) is 0 Å². The minimum Gasteiger partial charge on any atom is -1.00 e. The molecule has 3 heterocycles. The number of thiazole rings is 1. The Morgan fingerprint density at radius 3 is 2.54 bits per heavy atom. The van der Waals surface area contributed by atoms with E-state index in [-0.39, 0.29) is 23.8 Å². The normalized spacial score (nSPS) is 11.7. The monoisotopic (exact) mass is 708 g/mol. The highest BCUT2D eigenvalue weighted by Crippen LogP contribution is 2.37. The molecule has 0 amide bonds. The third kappa shape index (κ3) is 6.56. The number of rotatable bonds is 9. The second-order valence-electron chi connectivity index (χ2n) is 10.3. The molecule has 0 spiro atoms. The summed E-state index contributed by atoms with van der Waals surface area (Å²) in [5.74, 6) is 3.41. The smallest absolute Gasteiger partial charge is 0.365 e. The fourth-order valence-corrected chi connectivity index (χ4v) is 5.99. The largest absolute Gasteiger partial charge is 1.00 e. The highest BCUT2D eigenvalue weighted by molar-refractivity contribution is 7.20. The fourth-order valence-electron chi connectivity index (χ4n) is 5.03. The summed E-state index contributed by atoms with van der Waals surface area (Å²) in [7, 11) is 5.97. The Morgan fingerprint density at radius 2 is 1.76 bits per heavy atom. The predicted molar refractivity (Wildman–Crippen MR) is 167 cm³/mol. The lowest BCUT2D eigenvalue weighted by Crippen LogP contribution is -3.05. The number of fused-ring (bicyclic) bond motifs is 4. The van der Waals surface area contributed by atoms with Crippen molar-refractivity contribution in [3.8, 4) is 45.2 Å². The molecule has 7 rings (SSSR count). The van der Waals surface area contributed by atoms with Crippen LogP contribution in [0, 0.1) is 4.91 Å². The van der Waals surface area contributed by atoms with Gasteiger partial charge in [-0.25, -0.2) is 0 Å². The average Bonchev–Trinajstić information content (AvgIpc) is 3.81. The second kappa shape index (κ2) is 14.5. The average molecular weight is 710 g/mol. The molecule has 0 radical (unpaired) electrons. The number of methoxy groups -OCH3 is 1. The van der Waals surface area contributed by atoms with Gasteiger partial charge in [-0.1, -0.05) is 52.7 Å². The van der Waals surface area contributed by atoms with Crippen molar-refractivity contribution in [3.05, 3.63) is 77.7 Å². The van der Waals surface area contributed by atoms with Crippen molar-refractivity contribution in [2.75, 3.05) is 41.1 Å². The molecular weight excluding hydrogens is 678 g/mol. The maximum atomic E-state index is 8.11. The maximum absolute atomic E-state index is 8.11. The Hall–Kier alpha value is -4.86. The Kier molecular flexibility index (Phi) is 10.2. The Labute approximate surface area is 278 Å². The van der Waals surface area contributed by atoms with Gasteiger partial charge in [-0.15, -0.1) is 4.91 Å². The maximum Gasteiger partial charge on any atom is 0.365 e. The number of hydrogen-bond acceptors (Lipinski definition) is 10. The predicted octanol–water partition coefficient (Wildman–Crippen LogP) is 0.771. The first kappa shape index (κ1) is 32.5. The van der Waals surface area contributed by atoms with E-state index in [1.807, 2.05) is 66.7 Å². The quantitative estimate of drug-likeness (QED) is 0.0966. The lowest BCUT2D eigenvalue weighted by atomic mass is 10.1. The van der Waals surface area contributed by atoms with Crippen molar-refractivity contribution in [2.24, 2.45) is 5.34 Å². The molecule has 0 aliphatic carbocycles. The molecule has 15 heteroatoms. The summed E-state index contributed by atoms with van der Waals surface area (Å²) in [4.78, 5) is 18.1. The number of benzene rings is 4. The summed E-state index contributed by atoms with van der Waals surface area (Å²) in [5, 5.41) is 20.5. The number of nitrogens with zero attached hydrogens (tertiary/aromatic N) is 6. The molecule has 0 atom stereocenters. The molecule has 2 aromatic heterocycles. The van der Waals surface area contributed by atoms with E-state index in [9.17, 15) is 0 Å². The van der Waals surface area contributed by atoms with Gasteiger partial charge in [-0.2, -0.15) is 0 Å². The molecule has 0 saturated carbocycles. The molecule has 13 nitrogen and oxygen atoms in total. The van der Waals surface area contributed by atoms with Crippen LogP contribution >= 0.6 is 11.3 Å². The van der Waals surface area contributed by atoms with Crippen molar-refractivity contribution < 1.29 is 50.8 Å². The van der Waals surface area contributed by atoms with E-state index in [1.54, 1.807) is 16.7 Å². The van der Waals surface area contributed by atoms with Crippen LogP contribution in [0.1, 0.15) is 6.42 Å². The van der Waals surface area contributed by atoms with Crippen molar-refractivity contribution in [1.29, 1.82) is 0 Å². The third-order valence-corrected chi connectivity index (χ3v) is 8.06. The topological polar surface area (TPSA) is 138 Å². The third-order valence-electron chi connectivity index (χ3n) is 7.09. The molecule has 238 valence electrons. The number of halogens is 1. The van der Waals surface area contributed by atoms with Crippen LogP contribution < -0.4 is 45.6 Å². The van der Waals surface area contributed by atoms with E-state index in [0.717, 1.165) is 56.7 Å². The minimum absolute atomic E-state index is 0. The zero-order chi connectivity index (χ0) is 31.3. The minimum atomic E-state index is 0. The molecular formula is C31H31BrN7O6S+. The molecule has 0 saturated heterocycles. The summed E-state index contributed by atoms with van der Waals surface area (Å²) in [6.07, 6.45) is 0.934. The summed E-state index contributed by atoms with van der Waals surface area (Å²) >= 11 is 1.52. The number of ether oxygens (including phenoxy) is 4. The first-order chi connectivity index (χ1) is 22.0. The van der Waals surface area contributed by atoms with Crippen LogP contribution in [0.25, 0.3) is 43.2 Å². The van der Waals surface area contributed by atoms with Crippen molar-refractivity contribution in [2.45, 2.75) is 6.42 Å². The summed E-state index contributed by atoms with van der Waals surface area (Å²) < 4.78 is 24.1. The lowest BCUT2D eigenvalue weighted by molar-refractivity contribution is -0.858. The lowest BCUT2D eigenvalue weighted by Gasteiger charge is -2.11. The van der Waals surface area contributed by atoms with Gasteiger partial charge in [0.2, 0.25) is 6.79 Å². The highest BCUT2D eigenvalue weighted by atomic mass is 79.9. The van der Waals surface area contributed by atoms with Gasteiger partial charge in [0.15, 0.2) is 28.0 Å². The van der Waals surface area contributed by atoms with Gasteiger partial charge < -0.3 is 46.0 Å². The van der Waals surface area contributed by atoms with E-state index in [2.05, 4.69) is 20.2 Å². The van der Waals surface area contributed by atoms with Crippen molar-refractivity contribution >= 4 is 32.3 Å². The molecule has 6 aromatic rings. The first-order valence-electron chi connectivity index (χ1n) is 14.1. The Morgan fingerprint density at radius 1 is 1.02 bits per heavy atom. The molecule has 0 unspecified atom stereocenters. The van der Waals surface area contributed by atoms with E-state index in [1.165, 1.54) is 21.6 Å². The van der Waals surface area contributed by atoms with Crippen LogP contribution in [0.2, 0.25) is 0 Å². The molecule has 0 fully saturated rings. The van der Waals surface area contributed by atoms with E-state index in [0.29, 0.717) is 29.1 Å². The van der Waals surface area contributed by atoms with Gasteiger partial charge in [-0.3, -0.25) is 0 Å². The summed E-state index contributed by atoms with van der Waals surface area (Å²) in [6, 6.07) is 23.7. The summed E-state index contributed by atoms with van der Waals surface area (Å²) in [6.45, 7) is 1.81. The zero-order valence-electron chi connectivity index (χ0n) is 25.2. The number of tetrazole rings is 1. The number of nitrogens with one attached hydrogen (secondary N) is 1. The van der Waals surface area contributed by atoms with Gasteiger partial charge in [-0.05, 0) is 45.0 Å². The van der Waals surface area contributed by atoms with E-state index < -0.39 is 0 Å². The van der Waals surface area contributed by atoms with Crippen LogP contribution in [-0.4, -0.2) is 66.3 Å². The van der Waals surface area contributed by atoms with Gasteiger partial charge in [0.1, 0.15) is 11.5 Å². The second-order valence-corrected chi connectivity index (χ2v) is 11.4. The molecule has 0 bridgehead atoms. The fraction of sp³-hybridized carbons (Fsp3) is 0.226. The molecule has 1 aliphatic rings. The molecule has 1 aliphatic heterocycles.